The van der Waals surface area contributed by atoms with Crippen LogP contribution in [0, 0.1) is 0 Å². The third-order valence-electron chi connectivity index (χ3n) is 6.66. The van der Waals surface area contributed by atoms with E-state index in [0.717, 1.165) is 11.1 Å². The zero-order valence-electron chi connectivity index (χ0n) is 21.8. The van der Waals surface area contributed by atoms with E-state index in [1.54, 1.807) is 22.6 Å². The molecule has 0 bridgehead atoms. The third-order valence-corrected chi connectivity index (χ3v) is 7.46. The Balaban J connectivity index is 1.44. The number of fused-ring (bicyclic) bond motifs is 2. The fraction of sp³-hybridized carbons (Fsp3) is 0.143. The first kappa shape index (κ1) is 26.1. The Morgan fingerprint density at radius 3 is 2.76 bits per heavy atom. The SMILES string of the molecule is CC[C@H](Nc1nccc2[nH]cnc12)c1nc2cccc(CNc3nc(C(=O)NO)cs3)c2c(=O)n1-c1ccccc1. The Labute approximate surface area is 237 Å². The second-order valence-corrected chi connectivity index (χ2v) is 10.0. The summed E-state index contributed by atoms with van der Waals surface area (Å²) in [5.41, 5.74) is 4.99. The van der Waals surface area contributed by atoms with Crippen molar-refractivity contribution in [1.82, 2.24) is 35.0 Å². The van der Waals surface area contributed by atoms with Crippen molar-refractivity contribution in [2.75, 3.05) is 10.6 Å². The fourth-order valence-electron chi connectivity index (χ4n) is 4.70. The lowest BCUT2D eigenvalue weighted by Crippen LogP contribution is -2.29. The first-order chi connectivity index (χ1) is 20.1. The summed E-state index contributed by atoms with van der Waals surface area (Å²) in [5, 5.41) is 18.0. The van der Waals surface area contributed by atoms with Crippen LogP contribution in [0.25, 0.3) is 27.6 Å². The van der Waals surface area contributed by atoms with Gasteiger partial charge in [0.05, 0.1) is 34.5 Å². The summed E-state index contributed by atoms with van der Waals surface area (Å²) in [6.45, 7) is 2.30. The lowest BCUT2D eigenvalue weighted by Gasteiger charge is -2.22. The number of aromatic nitrogens is 6. The van der Waals surface area contributed by atoms with E-state index in [1.165, 1.54) is 16.7 Å². The Hall–Kier alpha value is -5.14. The Morgan fingerprint density at radius 1 is 1.10 bits per heavy atom. The van der Waals surface area contributed by atoms with Crippen molar-refractivity contribution in [2.45, 2.75) is 25.9 Å². The largest absolute Gasteiger partial charge is 0.358 e. The molecule has 0 fully saturated rings. The average molecular weight is 568 g/mol. The van der Waals surface area contributed by atoms with Crippen molar-refractivity contribution in [3.05, 3.63) is 99.9 Å². The van der Waals surface area contributed by atoms with Gasteiger partial charge in [-0.1, -0.05) is 37.3 Å². The topological polar surface area (TPSA) is 163 Å². The van der Waals surface area contributed by atoms with E-state index in [0.29, 0.717) is 45.3 Å². The number of carbonyl (C=O) groups is 1. The molecule has 6 rings (SSSR count). The molecule has 0 aliphatic carbocycles. The van der Waals surface area contributed by atoms with Crippen LogP contribution in [0.1, 0.15) is 41.3 Å². The maximum Gasteiger partial charge on any atom is 0.294 e. The van der Waals surface area contributed by atoms with Crippen molar-refractivity contribution in [1.29, 1.82) is 0 Å². The molecule has 0 spiro atoms. The second-order valence-electron chi connectivity index (χ2n) is 9.15. The number of rotatable bonds is 9. The van der Waals surface area contributed by atoms with Gasteiger partial charge < -0.3 is 15.6 Å². The zero-order valence-corrected chi connectivity index (χ0v) is 22.6. The zero-order chi connectivity index (χ0) is 28.3. The van der Waals surface area contributed by atoms with Gasteiger partial charge in [-0.3, -0.25) is 19.4 Å². The molecule has 4 heterocycles. The number of pyridine rings is 1. The predicted octanol–water partition coefficient (Wildman–Crippen LogP) is 4.41. The van der Waals surface area contributed by atoms with Crippen LogP contribution in [0.4, 0.5) is 10.9 Å². The van der Waals surface area contributed by atoms with Crippen LogP contribution >= 0.6 is 11.3 Å². The van der Waals surface area contributed by atoms with Crippen LogP contribution in [-0.2, 0) is 6.54 Å². The van der Waals surface area contributed by atoms with E-state index >= 15 is 0 Å². The highest BCUT2D eigenvalue weighted by molar-refractivity contribution is 7.13. The van der Waals surface area contributed by atoms with Crippen molar-refractivity contribution in [3.8, 4) is 5.69 Å². The number of benzene rings is 2. The molecule has 0 radical (unpaired) electrons. The Bertz CT molecular complexity index is 1920. The van der Waals surface area contributed by atoms with Crippen LogP contribution in [0.3, 0.4) is 0 Å². The van der Waals surface area contributed by atoms with Crippen molar-refractivity contribution >= 4 is 50.1 Å². The first-order valence-electron chi connectivity index (χ1n) is 12.9. The lowest BCUT2D eigenvalue weighted by molar-refractivity contribution is 0.0701. The molecule has 6 aromatic rings. The highest BCUT2D eigenvalue weighted by atomic mass is 32.1. The van der Waals surface area contributed by atoms with Crippen molar-refractivity contribution in [2.24, 2.45) is 0 Å². The fourth-order valence-corrected chi connectivity index (χ4v) is 5.39. The number of para-hydroxylation sites is 1. The number of anilines is 2. The van der Waals surface area contributed by atoms with Crippen LogP contribution in [0.2, 0.25) is 0 Å². The maximum atomic E-state index is 14.3. The predicted molar refractivity (Wildman–Crippen MR) is 157 cm³/mol. The number of amides is 1. The summed E-state index contributed by atoms with van der Waals surface area (Å²) in [4.78, 5) is 47.2. The monoisotopic (exact) mass is 567 g/mol. The van der Waals surface area contributed by atoms with Gasteiger partial charge in [-0.2, -0.15) is 0 Å². The molecular formula is C28H25N9O3S. The molecule has 41 heavy (non-hydrogen) atoms. The molecular weight excluding hydrogens is 542 g/mol. The van der Waals surface area contributed by atoms with Crippen molar-refractivity contribution < 1.29 is 10.0 Å². The van der Waals surface area contributed by atoms with Gasteiger partial charge in [0, 0.05) is 18.1 Å². The van der Waals surface area contributed by atoms with E-state index in [9.17, 15) is 9.59 Å². The molecule has 13 heteroatoms. The smallest absolute Gasteiger partial charge is 0.294 e. The van der Waals surface area contributed by atoms with Gasteiger partial charge in [0.25, 0.3) is 11.5 Å². The Kier molecular flexibility index (Phi) is 7.10. The number of thiazole rings is 1. The highest BCUT2D eigenvalue weighted by Gasteiger charge is 2.23. The van der Waals surface area contributed by atoms with Crippen LogP contribution in [0.15, 0.2) is 77.3 Å². The number of H-pyrrole nitrogens is 1. The van der Waals surface area contributed by atoms with Gasteiger partial charge >= 0.3 is 0 Å². The first-order valence-corrected chi connectivity index (χ1v) is 13.7. The molecule has 1 amide bonds. The normalized spacial score (nSPS) is 12.0. The molecule has 0 saturated heterocycles. The molecule has 5 N–H and O–H groups in total. The van der Waals surface area contributed by atoms with E-state index in [-0.39, 0.29) is 23.8 Å². The maximum absolute atomic E-state index is 14.3. The molecule has 206 valence electrons. The van der Waals surface area contributed by atoms with Gasteiger partial charge in [0.15, 0.2) is 10.9 Å². The number of nitrogens with one attached hydrogen (secondary N) is 4. The summed E-state index contributed by atoms with van der Waals surface area (Å²) in [5.74, 6) is 0.454. The quantitative estimate of drug-likeness (QED) is 0.126. The number of aromatic amines is 1. The summed E-state index contributed by atoms with van der Waals surface area (Å²) in [7, 11) is 0. The lowest BCUT2D eigenvalue weighted by atomic mass is 10.1. The van der Waals surface area contributed by atoms with Gasteiger partial charge in [0.2, 0.25) is 0 Å². The molecule has 0 unspecified atom stereocenters. The van der Waals surface area contributed by atoms with E-state index in [1.807, 2.05) is 61.5 Å². The van der Waals surface area contributed by atoms with Crippen LogP contribution < -0.4 is 21.7 Å². The van der Waals surface area contributed by atoms with E-state index in [2.05, 4.69) is 30.6 Å². The highest BCUT2D eigenvalue weighted by Crippen LogP contribution is 2.27. The van der Waals surface area contributed by atoms with Gasteiger partial charge in [-0.25, -0.2) is 25.4 Å². The summed E-state index contributed by atoms with van der Waals surface area (Å²) in [6, 6.07) is 16.5. The summed E-state index contributed by atoms with van der Waals surface area (Å²) >= 11 is 1.22. The van der Waals surface area contributed by atoms with Gasteiger partial charge in [-0.05, 0) is 36.2 Å². The molecule has 0 aliphatic heterocycles. The number of carbonyl (C=O) groups excluding carboxylic acids is 1. The number of hydroxylamine groups is 1. The average Bonchev–Trinajstić information content (AvgIpc) is 3.69. The molecule has 12 nitrogen and oxygen atoms in total. The number of hydrogen-bond acceptors (Lipinski definition) is 10. The van der Waals surface area contributed by atoms with Gasteiger partial charge in [0.1, 0.15) is 17.0 Å². The van der Waals surface area contributed by atoms with E-state index in [4.69, 9.17) is 10.2 Å². The molecule has 0 aliphatic rings. The summed E-state index contributed by atoms with van der Waals surface area (Å²) in [6.07, 6.45) is 3.95. The number of imidazole rings is 1. The van der Waals surface area contributed by atoms with E-state index < -0.39 is 5.91 Å². The molecule has 0 saturated carbocycles. The third kappa shape index (κ3) is 4.99. The molecule has 2 aromatic carbocycles. The molecule has 4 aromatic heterocycles. The number of hydrogen-bond donors (Lipinski definition) is 5. The minimum absolute atomic E-state index is 0.0915. The Morgan fingerprint density at radius 2 is 1.95 bits per heavy atom. The van der Waals surface area contributed by atoms with Crippen molar-refractivity contribution in [3.63, 3.8) is 0 Å². The minimum Gasteiger partial charge on any atom is -0.358 e. The minimum atomic E-state index is -0.695. The van der Waals surface area contributed by atoms with Crippen LogP contribution in [-0.4, -0.2) is 40.6 Å². The number of nitrogens with zero attached hydrogens (tertiary/aromatic N) is 5. The second kappa shape index (κ2) is 11.2. The van der Waals surface area contributed by atoms with Crippen LogP contribution in [0.5, 0.6) is 0 Å². The standard InChI is InChI=1S/C28H25N9O3S/c1-2-18(33-24-23-20(11-12-29-24)31-15-32-23)25-34-19-10-6-7-16(13-30-28-35-21(14-41-28)26(38)36-40)22(19)27(39)37(25)17-8-4-3-5-9-17/h3-12,14-15,18,40H,2,13H2,1H3,(H,29,33)(H,30,35)(H,31,32)(H,36,38)/t18-/m0/s1. The summed E-state index contributed by atoms with van der Waals surface area (Å²) < 4.78 is 1.64. The molecule has 1 atom stereocenters. The van der Waals surface area contributed by atoms with Gasteiger partial charge in [-0.15, -0.1) is 11.3 Å².